The predicted octanol–water partition coefficient (Wildman–Crippen LogP) is 2.59. The molecule has 0 bridgehead atoms. The van der Waals surface area contributed by atoms with Gasteiger partial charge in [-0.2, -0.15) is 0 Å². The fourth-order valence-corrected chi connectivity index (χ4v) is 4.64. The van der Waals surface area contributed by atoms with E-state index in [4.69, 9.17) is 4.98 Å². The van der Waals surface area contributed by atoms with E-state index in [0.29, 0.717) is 12.3 Å². The molecule has 2 aromatic rings. The molecule has 9 heteroatoms. The second-order valence-corrected chi connectivity index (χ2v) is 8.37. The number of hydrogen-bond acceptors (Lipinski definition) is 6. The molecular weight excluding hydrogens is 441 g/mol. The normalized spacial score (nSPS) is 17.8. The Labute approximate surface area is 195 Å². The van der Waals surface area contributed by atoms with Crippen LogP contribution in [0.15, 0.2) is 35.7 Å². The molecule has 0 atom stereocenters. The summed E-state index contributed by atoms with van der Waals surface area (Å²) in [4.78, 5) is 24.0. The Morgan fingerprint density at radius 2 is 1.63 bits per heavy atom. The minimum atomic E-state index is 0. The van der Waals surface area contributed by atoms with E-state index in [1.54, 1.807) is 11.3 Å². The number of nitrogens with zero attached hydrogens (tertiary/aromatic N) is 4. The van der Waals surface area contributed by atoms with Crippen molar-refractivity contribution in [1.29, 1.82) is 0 Å². The van der Waals surface area contributed by atoms with Gasteiger partial charge in [-0.25, -0.2) is 4.98 Å². The molecule has 0 unspecified atom stereocenters. The number of nitrogens with one attached hydrogen (secondary N) is 1. The minimum Gasteiger partial charge on any atom is -0.340 e. The quantitative estimate of drug-likeness (QED) is 0.701. The first kappa shape index (κ1) is 25.0. The SMILES string of the molecule is Cl.Cl.O=C(CCN1CCN(Cc2csc(-c3ccccc3)n2)CC1)N1CCNCC1. The van der Waals surface area contributed by atoms with Crippen molar-refractivity contribution in [2.24, 2.45) is 0 Å². The molecule has 166 valence electrons. The molecular formula is C21H31Cl2N5OS. The number of hydrogen-bond donors (Lipinski definition) is 1. The van der Waals surface area contributed by atoms with Crippen LogP contribution in [0.2, 0.25) is 0 Å². The van der Waals surface area contributed by atoms with Gasteiger partial charge in [0, 0.05) is 82.8 Å². The number of rotatable bonds is 6. The van der Waals surface area contributed by atoms with E-state index < -0.39 is 0 Å². The topological polar surface area (TPSA) is 51.7 Å². The van der Waals surface area contributed by atoms with E-state index in [0.717, 1.165) is 76.1 Å². The van der Waals surface area contributed by atoms with Gasteiger partial charge in [-0.05, 0) is 0 Å². The third kappa shape index (κ3) is 6.90. The van der Waals surface area contributed by atoms with E-state index >= 15 is 0 Å². The van der Waals surface area contributed by atoms with E-state index in [1.807, 2.05) is 11.0 Å². The van der Waals surface area contributed by atoms with E-state index in [-0.39, 0.29) is 24.8 Å². The molecule has 0 radical (unpaired) electrons. The number of thiazole rings is 1. The lowest BCUT2D eigenvalue weighted by atomic mass is 10.2. The highest BCUT2D eigenvalue weighted by Crippen LogP contribution is 2.24. The molecule has 1 amide bonds. The lowest BCUT2D eigenvalue weighted by Gasteiger charge is -2.35. The highest BCUT2D eigenvalue weighted by atomic mass is 35.5. The summed E-state index contributed by atoms with van der Waals surface area (Å²) in [5.74, 6) is 0.305. The molecule has 3 heterocycles. The standard InChI is InChI=1S/C21H29N5OS.2ClH/c27-20(26-10-7-22-8-11-26)6-9-24-12-14-25(15-13-24)16-19-17-28-21(23-19)18-4-2-1-3-5-18;;/h1-5,17,22H,6-16H2;2*1H. The van der Waals surface area contributed by atoms with Crippen LogP contribution in [0.1, 0.15) is 12.1 Å². The van der Waals surface area contributed by atoms with Crippen LogP contribution in [-0.2, 0) is 11.3 Å². The summed E-state index contributed by atoms with van der Waals surface area (Å²) in [5.41, 5.74) is 2.35. The van der Waals surface area contributed by atoms with Crippen molar-refractivity contribution >= 4 is 42.1 Å². The number of amides is 1. The lowest BCUT2D eigenvalue weighted by Crippen LogP contribution is -2.49. The Balaban J connectivity index is 0.00000160. The van der Waals surface area contributed by atoms with Crippen LogP contribution >= 0.6 is 36.2 Å². The van der Waals surface area contributed by atoms with E-state index in [1.165, 1.54) is 5.56 Å². The molecule has 2 aliphatic heterocycles. The van der Waals surface area contributed by atoms with Crippen molar-refractivity contribution in [3.63, 3.8) is 0 Å². The Morgan fingerprint density at radius 3 is 2.33 bits per heavy atom. The average Bonchev–Trinajstić information content (AvgIpc) is 3.23. The second kappa shape index (κ2) is 12.6. The van der Waals surface area contributed by atoms with Gasteiger partial charge in [0.2, 0.25) is 5.91 Å². The zero-order valence-electron chi connectivity index (χ0n) is 17.2. The maximum Gasteiger partial charge on any atom is 0.223 e. The zero-order valence-corrected chi connectivity index (χ0v) is 19.6. The molecule has 6 nitrogen and oxygen atoms in total. The summed E-state index contributed by atoms with van der Waals surface area (Å²) in [6.45, 7) is 9.49. The van der Waals surface area contributed by atoms with Crippen molar-refractivity contribution in [1.82, 2.24) is 25.0 Å². The third-order valence-electron chi connectivity index (χ3n) is 5.53. The number of halogens is 2. The number of aromatic nitrogens is 1. The molecule has 2 saturated heterocycles. The third-order valence-corrected chi connectivity index (χ3v) is 6.47. The number of benzene rings is 1. The Morgan fingerprint density at radius 1 is 0.967 bits per heavy atom. The van der Waals surface area contributed by atoms with Crippen LogP contribution in [0.5, 0.6) is 0 Å². The summed E-state index contributed by atoms with van der Waals surface area (Å²) in [6.07, 6.45) is 0.645. The first-order valence-electron chi connectivity index (χ1n) is 10.2. The largest absolute Gasteiger partial charge is 0.340 e. The Hall–Kier alpha value is -1.22. The molecule has 2 fully saturated rings. The maximum atomic E-state index is 12.3. The number of carbonyl (C=O) groups is 1. The van der Waals surface area contributed by atoms with Crippen LogP contribution in [-0.4, -0.2) is 84.5 Å². The maximum absolute atomic E-state index is 12.3. The monoisotopic (exact) mass is 471 g/mol. The van der Waals surface area contributed by atoms with Crippen molar-refractivity contribution < 1.29 is 4.79 Å². The zero-order chi connectivity index (χ0) is 19.2. The highest BCUT2D eigenvalue weighted by Gasteiger charge is 2.21. The highest BCUT2D eigenvalue weighted by molar-refractivity contribution is 7.13. The fraction of sp³-hybridized carbons (Fsp3) is 0.524. The van der Waals surface area contributed by atoms with Crippen LogP contribution in [0.3, 0.4) is 0 Å². The second-order valence-electron chi connectivity index (χ2n) is 7.51. The molecule has 30 heavy (non-hydrogen) atoms. The van der Waals surface area contributed by atoms with Crippen LogP contribution < -0.4 is 5.32 Å². The van der Waals surface area contributed by atoms with Crippen molar-refractivity contribution in [3.05, 3.63) is 41.4 Å². The van der Waals surface area contributed by atoms with Gasteiger partial charge in [0.15, 0.2) is 0 Å². The number of piperazine rings is 2. The molecule has 0 saturated carbocycles. The minimum absolute atomic E-state index is 0. The summed E-state index contributed by atoms with van der Waals surface area (Å²) >= 11 is 1.72. The van der Waals surface area contributed by atoms with E-state index in [9.17, 15) is 4.79 Å². The van der Waals surface area contributed by atoms with Gasteiger partial charge in [0.1, 0.15) is 5.01 Å². The van der Waals surface area contributed by atoms with Crippen LogP contribution in [0, 0.1) is 0 Å². The van der Waals surface area contributed by atoms with Gasteiger partial charge < -0.3 is 15.1 Å². The first-order valence-corrected chi connectivity index (χ1v) is 11.1. The summed E-state index contributed by atoms with van der Waals surface area (Å²) in [6, 6.07) is 10.4. The Bertz CT molecular complexity index is 762. The summed E-state index contributed by atoms with van der Waals surface area (Å²) in [5, 5.41) is 6.58. The van der Waals surface area contributed by atoms with Crippen LogP contribution in [0.4, 0.5) is 0 Å². The van der Waals surface area contributed by atoms with Gasteiger partial charge in [-0.1, -0.05) is 30.3 Å². The van der Waals surface area contributed by atoms with Gasteiger partial charge in [0.25, 0.3) is 0 Å². The lowest BCUT2D eigenvalue weighted by molar-refractivity contribution is -0.132. The first-order chi connectivity index (χ1) is 13.8. The molecule has 1 aromatic carbocycles. The predicted molar refractivity (Wildman–Crippen MR) is 128 cm³/mol. The van der Waals surface area contributed by atoms with Crippen molar-refractivity contribution in [2.45, 2.75) is 13.0 Å². The van der Waals surface area contributed by atoms with E-state index in [2.05, 4.69) is 44.8 Å². The van der Waals surface area contributed by atoms with Crippen LogP contribution in [0.25, 0.3) is 10.6 Å². The molecule has 0 aliphatic carbocycles. The van der Waals surface area contributed by atoms with Gasteiger partial charge in [-0.15, -0.1) is 36.2 Å². The number of carbonyl (C=O) groups excluding carboxylic acids is 1. The summed E-state index contributed by atoms with van der Waals surface area (Å²) < 4.78 is 0. The van der Waals surface area contributed by atoms with Crippen molar-refractivity contribution in [3.8, 4) is 10.6 Å². The molecule has 1 N–H and O–H groups in total. The van der Waals surface area contributed by atoms with Gasteiger partial charge in [-0.3, -0.25) is 9.69 Å². The average molecular weight is 472 g/mol. The summed E-state index contributed by atoms with van der Waals surface area (Å²) in [7, 11) is 0. The van der Waals surface area contributed by atoms with Gasteiger partial charge >= 0.3 is 0 Å². The molecule has 2 aliphatic rings. The molecule has 1 aromatic heterocycles. The van der Waals surface area contributed by atoms with Crippen molar-refractivity contribution in [2.75, 3.05) is 58.9 Å². The molecule has 4 rings (SSSR count). The molecule has 0 spiro atoms. The fourth-order valence-electron chi connectivity index (χ4n) is 3.82. The smallest absolute Gasteiger partial charge is 0.223 e. The van der Waals surface area contributed by atoms with Gasteiger partial charge in [0.05, 0.1) is 5.69 Å². The Kier molecular flexibility index (Phi) is 10.5.